The highest BCUT2D eigenvalue weighted by Gasteiger charge is 2.38. The van der Waals surface area contributed by atoms with Crippen LogP contribution in [0.1, 0.15) is 88.9 Å². The van der Waals surface area contributed by atoms with Gasteiger partial charge in [0.15, 0.2) is 14.6 Å². The monoisotopic (exact) mass is 394 g/mol. The molecular weight excluding hydrogens is 356 g/mol. The van der Waals surface area contributed by atoms with Crippen LogP contribution in [0.2, 0.25) is 18.1 Å². The van der Waals surface area contributed by atoms with Crippen molar-refractivity contribution in [3.8, 4) is 0 Å². The summed E-state index contributed by atoms with van der Waals surface area (Å²) in [5.41, 5.74) is 2.16. The number of allylic oxidation sites excluding steroid dienone is 2. The van der Waals surface area contributed by atoms with Crippen LogP contribution in [0.3, 0.4) is 0 Å². The fourth-order valence-corrected chi connectivity index (χ4v) is 7.95. The van der Waals surface area contributed by atoms with Gasteiger partial charge >= 0.3 is 0 Å². The molecule has 0 aromatic carbocycles. The molecular formula is C22H38O2SSi. The Balaban J connectivity index is 2.90. The van der Waals surface area contributed by atoms with E-state index in [1.54, 1.807) is 11.3 Å². The van der Waals surface area contributed by atoms with E-state index < -0.39 is 8.32 Å². The minimum Gasteiger partial charge on any atom is -0.411 e. The van der Waals surface area contributed by atoms with Crippen LogP contribution in [0.25, 0.3) is 5.57 Å². The van der Waals surface area contributed by atoms with E-state index >= 15 is 0 Å². The lowest BCUT2D eigenvalue weighted by molar-refractivity contribution is 0.0397. The summed E-state index contributed by atoms with van der Waals surface area (Å²) in [5, 5.41) is 1.95. The van der Waals surface area contributed by atoms with Crippen LogP contribution >= 0.6 is 11.3 Å². The second-order valence-corrected chi connectivity index (χ2v) is 12.8. The fraction of sp³-hybridized carbons (Fsp3) is 0.682. The van der Waals surface area contributed by atoms with Crippen LogP contribution in [0, 0.1) is 0 Å². The number of thiophene rings is 1. The Bertz CT molecular complexity index is 560. The number of carbonyl (C=O) groups excluding carboxylic acids is 1. The summed E-state index contributed by atoms with van der Waals surface area (Å²) in [4.78, 5) is 12.2. The van der Waals surface area contributed by atoms with Crippen molar-refractivity contribution in [2.24, 2.45) is 0 Å². The molecule has 0 aliphatic rings. The highest BCUT2D eigenvalue weighted by molar-refractivity contribution is 7.11. The zero-order valence-corrected chi connectivity index (χ0v) is 19.5. The standard InChI is InChI=1S/C22H38O2SSi/c1-7-20(21-16-19(17-23)18-25-21)14-13-15-22(8-2,9-3)24-26(10-4,11-5)12-6/h14,16-18H,7-13,15H2,1-6H3/b20-14-. The van der Waals surface area contributed by atoms with Gasteiger partial charge in [0.05, 0.1) is 5.60 Å². The molecule has 0 aliphatic heterocycles. The lowest BCUT2D eigenvalue weighted by Gasteiger charge is -2.42. The van der Waals surface area contributed by atoms with Crippen LogP contribution in [-0.4, -0.2) is 20.2 Å². The Morgan fingerprint density at radius 3 is 2.15 bits per heavy atom. The van der Waals surface area contributed by atoms with Crippen molar-refractivity contribution in [1.82, 2.24) is 0 Å². The quantitative estimate of drug-likeness (QED) is 0.253. The van der Waals surface area contributed by atoms with Crippen molar-refractivity contribution < 1.29 is 9.22 Å². The van der Waals surface area contributed by atoms with Gasteiger partial charge in [0, 0.05) is 15.8 Å². The van der Waals surface area contributed by atoms with E-state index in [0.717, 1.165) is 44.0 Å². The summed E-state index contributed by atoms with van der Waals surface area (Å²) in [6.07, 6.45) is 8.61. The summed E-state index contributed by atoms with van der Waals surface area (Å²) in [7, 11) is -1.60. The molecule has 0 atom stereocenters. The summed E-state index contributed by atoms with van der Waals surface area (Å²) < 4.78 is 6.98. The first-order valence-corrected chi connectivity index (χ1v) is 13.8. The summed E-state index contributed by atoms with van der Waals surface area (Å²) in [5.74, 6) is 0. The van der Waals surface area contributed by atoms with E-state index in [0.29, 0.717) is 0 Å². The Morgan fingerprint density at radius 1 is 1.12 bits per heavy atom. The van der Waals surface area contributed by atoms with Crippen molar-refractivity contribution in [2.45, 2.75) is 97.4 Å². The average Bonchev–Trinajstić information content (AvgIpc) is 3.17. The van der Waals surface area contributed by atoms with Gasteiger partial charge in [-0.3, -0.25) is 4.79 Å². The van der Waals surface area contributed by atoms with Crippen molar-refractivity contribution in [1.29, 1.82) is 0 Å². The van der Waals surface area contributed by atoms with Crippen molar-refractivity contribution in [2.75, 3.05) is 0 Å². The molecule has 1 heterocycles. The summed E-state index contributed by atoms with van der Waals surface area (Å²) >= 11 is 1.67. The largest absolute Gasteiger partial charge is 0.411 e. The van der Waals surface area contributed by atoms with E-state index in [1.807, 2.05) is 11.4 Å². The van der Waals surface area contributed by atoms with Gasteiger partial charge in [0.2, 0.25) is 0 Å². The second kappa shape index (κ2) is 11.2. The number of carbonyl (C=O) groups is 1. The number of hydrogen-bond donors (Lipinski definition) is 0. The van der Waals surface area contributed by atoms with Crippen LogP contribution < -0.4 is 0 Å². The molecule has 0 amide bonds. The highest BCUT2D eigenvalue weighted by Crippen LogP contribution is 2.36. The Kier molecular flexibility index (Phi) is 10.1. The molecule has 0 saturated carbocycles. The lowest BCUT2D eigenvalue weighted by Crippen LogP contribution is -2.46. The molecule has 4 heteroatoms. The molecule has 1 rings (SSSR count). The molecule has 148 valence electrons. The maximum atomic E-state index is 10.9. The summed E-state index contributed by atoms with van der Waals surface area (Å²) in [6.45, 7) is 13.7. The second-order valence-electron chi connectivity index (χ2n) is 7.22. The van der Waals surface area contributed by atoms with E-state index in [-0.39, 0.29) is 5.60 Å². The van der Waals surface area contributed by atoms with Crippen LogP contribution in [0.5, 0.6) is 0 Å². The number of hydrogen-bond acceptors (Lipinski definition) is 3. The SMILES string of the molecule is CC/C(=C/CCC(CC)(CC)O[Si](CC)(CC)CC)c1cc(C=O)cs1. The van der Waals surface area contributed by atoms with Gasteiger partial charge in [-0.2, -0.15) is 0 Å². The molecule has 0 radical (unpaired) electrons. The van der Waals surface area contributed by atoms with Gasteiger partial charge < -0.3 is 4.43 Å². The highest BCUT2D eigenvalue weighted by atomic mass is 32.1. The molecule has 1 aromatic rings. The maximum Gasteiger partial charge on any atom is 0.192 e. The zero-order chi connectivity index (χ0) is 19.6. The molecule has 1 aromatic heterocycles. The van der Waals surface area contributed by atoms with E-state index in [4.69, 9.17) is 4.43 Å². The first-order chi connectivity index (χ1) is 12.5. The first-order valence-electron chi connectivity index (χ1n) is 10.4. The fourth-order valence-electron chi connectivity index (χ4n) is 3.73. The molecule has 0 aliphatic carbocycles. The van der Waals surface area contributed by atoms with Gasteiger partial charge in [-0.1, -0.05) is 47.6 Å². The smallest absolute Gasteiger partial charge is 0.192 e. The minimum atomic E-state index is -1.60. The van der Waals surface area contributed by atoms with Crippen molar-refractivity contribution >= 4 is 31.5 Å². The van der Waals surface area contributed by atoms with Gasteiger partial charge in [-0.05, 0) is 61.9 Å². The topological polar surface area (TPSA) is 26.3 Å². The summed E-state index contributed by atoms with van der Waals surface area (Å²) in [6, 6.07) is 5.64. The maximum absolute atomic E-state index is 10.9. The van der Waals surface area contributed by atoms with Crippen LogP contribution in [-0.2, 0) is 4.43 Å². The minimum absolute atomic E-state index is 0.0208. The predicted molar refractivity (Wildman–Crippen MR) is 119 cm³/mol. The van der Waals surface area contributed by atoms with Gasteiger partial charge in [0.1, 0.15) is 0 Å². The lowest BCUT2D eigenvalue weighted by atomic mass is 9.91. The third-order valence-electron chi connectivity index (χ3n) is 6.10. The molecule has 2 nitrogen and oxygen atoms in total. The molecule has 0 spiro atoms. The third kappa shape index (κ3) is 5.90. The number of rotatable bonds is 13. The van der Waals surface area contributed by atoms with Crippen molar-refractivity contribution in [3.05, 3.63) is 28.0 Å². The van der Waals surface area contributed by atoms with Gasteiger partial charge in [-0.15, -0.1) is 11.3 Å². The zero-order valence-electron chi connectivity index (χ0n) is 17.7. The van der Waals surface area contributed by atoms with Crippen LogP contribution in [0.15, 0.2) is 17.5 Å². The predicted octanol–water partition coefficient (Wildman–Crippen LogP) is 7.71. The third-order valence-corrected chi connectivity index (χ3v) is 11.9. The molecule has 0 saturated heterocycles. The molecule has 0 unspecified atom stereocenters. The van der Waals surface area contributed by atoms with Crippen LogP contribution in [0.4, 0.5) is 0 Å². The molecule has 0 fully saturated rings. The molecule has 0 bridgehead atoms. The van der Waals surface area contributed by atoms with Crippen molar-refractivity contribution in [3.63, 3.8) is 0 Å². The Hall–Kier alpha value is -0.713. The van der Waals surface area contributed by atoms with E-state index in [9.17, 15) is 4.79 Å². The molecule has 26 heavy (non-hydrogen) atoms. The van der Waals surface area contributed by atoms with Gasteiger partial charge in [-0.25, -0.2) is 0 Å². The Morgan fingerprint density at radius 2 is 1.73 bits per heavy atom. The van der Waals surface area contributed by atoms with E-state index in [2.05, 4.69) is 47.6 Å². The number of aldehydes is 1. The normalized spacial score (nSPS) is 13.2. The molecule has 0 N–H and O–H groups in total. The van der Waals surface area contributed by atoms with Gasteiger partial charge in [0.25, 0.3) is 0 Å². The average molecular weight is 395 g/mol. The Labute approximate surface area is 166 Å². The first kappa shape index (κ1) is 23.3. The van der Waals surface area contributed by atoms with E-state index in [1.165, 1.54) is 28.6 Å².